The Morgan fingerprint density at radius 3 is 2.59 bits per heavy atom. The van der Waals surface area contributed by atoms with Crippen LogP contribution in [-0.4, -0.2) is 15.6 Å². The molecule has 0 aromatic carbocycles. The second-order valence-corrected chi connectivity index (χ2v) is 4.30. The highest BCUT2D eigenvalue weighted by Gasteiger charge is 2.11. The molecule has 0 saturated heterocycles. The lowest BCUT2D eigenvalue weighted by atomic mass is 10.0. The Kier molecular flexibility index (Phi) is 4.49. The third-order valence-corrected chi connectivity index (χ3v) is 2.87. The monoisotopic (exact) mass is 237 g/mol. The van der Waals surface area contributed by atoms with E-state index in [0.29, 0.717) is 18.5 Å². The number of hydrogen-bond acceptors (Lipinski definition) is 2. The largest absolute Gasteiger partial charge is 0.481 e. The highest BCUT2D eigenvalue weighted by molar-refractivity contribution is 5.67. The van der Waals surface area contributed by atoms with Crippen LogP contribution in [0.5, 0.6) is 0 Å². The van der Waals surface area contributed by atoms with Gasteiger partial charge in [-0.15, -0.1) is 0 Å². The van der Waals surface area contributed by atoms with E-state index in [1.165, 1.54) is 0 Å². The van der Waals surface area contributed by atoms with Crippen LogP contribution in [0.1, 0.15) is 36.6 Å². The predicted molar refractivity (Wildman–Crippen MR) is 66.4 cm³/mol. The van der Waals surface area contributed by atoms with Gasteiger partial charge in [0, 0.05) is 24.2 Å². The zero-order chi connectivity index (χ0) is 13.0. The fourth-order valence-electron chi connectivity index (χ4n) is 2.01. The number of carbonyl (C=O) groups is 1. The average molecular weight is 237 g/mol. The fraction of sp³-hybridized carbons (Fsp3) is 0.538. The number of carboxylic acid groups (broad SMARTS) is 1. The van der Waals surface area contributed by atoms with Crippen LogP contribution in [0.4, 0.5) is 0 Å². The van der Waals surface area contributed by atoms with Crippen LogP contribution >= 0.6 is 0 Å². The van der Waals surface area contributed by atoms with E-state index in [4.69, 9.17) is 5.11 Å². The molecule has 0 fully saturated rings. The molecule has 0 aliphatic heterocycles. The molecule has 0 atom stereocenters. The number of carboxylic acids is 1. The smallest absolute Gasteiger partial charge is 0.303 e. The lowest BCUT2D eigenvalue weighted by Crippen LogP contribution is -2.27. The molecule has 1 aromatic heterocycles. The Hall–Kier alpha value is -1.58. The number of hydrogen-bond donors (Lipinski definition) is 1. The summed E-state index contributed by atoms with van der Waals surface area (Å²) in [5.41, 5.74) is 2.42. The number of aliphatic carboxylic acids is 1. The lowest BCUT2D eigenvalue weighted by Gasteiger charge is -2.13. The Bertz CT molecular complexity index is 474. The van der Waals surface area contributed by atoms with Crippen molar-refractivity contribution in [2.45, 2.75) is 46.6 Å². The van der Waals surface area contributed by atoms with Crippen molar-refractivity contribution in [1.29, 1.82) is 0 Å². The normalized spacial score (nSPS) is 10.5. The van der Waals surface area contributed by atoms with Crippen LogP contribution < -0.4 is 5.56 Å². The molecule has 0 radical (unpaired) electrons. The molecule has 1 heterocycles. The van der Waals surface area contributed by atoms with Gasteiger partial charge in [0.25, 0.3) is 5.56 Å². The molecule has 0 unspecified atom stereocenters. The van der Waals surface area contributed by atoms with Crippen molar-refractivity contribution >= 4 is 5.97 Å². The first-order chi connectivity index (χ1) is 7.97. The minimum atomic E-state index is -0.869. The average Bonchev–Trinajstić information content (AvgIpc) is 2.23. The van der Waals surface area contributed by atoms with Gasteiger partial charge in [-0.1, -0.05) is 6.92 Å². The van der Waals surface area contributed by atoms with Gasteiger partial charge in [-0.05, 0) is 38.3 Å². The van der Waals surface area contributed by atoms with Crippen LogP contribution in [0.2, 0.25) is 0 Å². The van der Waals surface area contributed by atoms with Crippen molar-refractivity contribution in [2.75, 3.05) is 0 Å². The molecular weight excluding hydrogens is 218 g/mol. The standard InChI is InChI=1S/C13H19NO3/c1-4-7-14-10(3)8-9(2)11(13(14)17)5-6-12(15)16/h8H,4-7H2,1-3H3,(H,15,16). The maximum absolute atomic E-state index is 12.2. The van der Waals surface area contributed by atoms with Gasteiger partial charge in [0.2, 0.25) is 0 Å². The van der Waals surface area contributed by atoms with E-state index in [1.54, 1.807) is 4.57 Å². The van der Waals surface area contributed by atoms with E-state index in [2.05, 4.69) is 0 Å². The van der Waals surface area contributed by atoms with Gasteiger partial charge in [-0.2, -0.15) is 0 Å². The molecule has 4 nitrogen and oxygen atoms in total. The molecule has 17 heavy (non-hydrogen) atoms. The summed E-state index contributed by atoms with van der Waals surface area (Å²) in [6, 6.07) is 1.95. The minimum Gasteiger partial charge on any atom is -0.481 e. The molecule has 1 aromatic rings. The van der Waals surface area contributed by atoms with Crippen molar-refractivity contribution in [3.63, 3.8) is 0 Å². The SMILES string of the molecule is CCCn1c(C)cc(C)c(CCC(=O)O)c1=O. The second kappa shape index (κ2) is 5.66. The van der Waals surface area contributed by atoms with E-state index >= 15 is 0 Å². The molecule has 0 spiro atoms. The van der Waals surface area contributed by atoms with E-state index in [1.807, 2.05) is 26.8 Å². The van der Waals surface area contributed by atoms with Crippen LogP contribution in [0.3, 0.4) is 0 Å². The highest BCUT2D eigenvalue weighted by Crippen LogP contribution is 2.09. The Balaban J connectivity index is 3.16. The van der Waals surface area contributed by atoms with E-state index in [9.17, 15) is 9.59 Å². The van der Waals surface area contributed by atoms with E-state index in [-0.39, 0.29) is 12.0 Å². The van der Waals surface area contributed by atoms with Crippen molar-refractivity contribution in [3.05, 3.63) is 33.2 Å². The number of aryl methyl sites for hydroxylation is 2. The summed E-state index contributed by atoms with van der Waals surface area (Å²) in [6.07, 6.45) is 1.21. The van der Waals surface area contributed by atoms with E-state index < -0.39 is 5.97 Å². The molecule has 1 rings (SSSR count). The summed E-state index contributed by atoms with van der Waals surface area (Å²) in [6.45, 7) is 6.47. The molecule has 94 valence electrons. The van der Waals surface area contributed by atoms with Crippen LogP contribution in [0, 0.1) is 13.8 Å². The molecule has 0 aliphatic carbocycles. The molecule has 0 amide bonds. The first-order valence-corrected chi connectivity index (χ1v) is 5.89. The van der Waals surface area contributed by atoms with Gasteiger partial charge in [0.15, 0.2) is 0 Å². The second-order valence-electron chi connectivity index (χ2n) is 4.30. The molecule has 0 bridgehead atoms. The Labute approximate surface area is 101 Å². The van der Waals surface area contributed by atoms with Gasteiger partial charge in [-0.3, -0.25) is 9.59 Å². The van der Waals surface area contributed by atoms with Gasteiger partial charge in [-0.25, -0.2) is 0 Å². The summed E-state index contributed by atoms with van der Waals surface area (Å²) >= 11 is 0. The first-order valence-electron chi connectivity index (χ1n) is 5.89. The maximum Gasteiger partial charge on any atom is 0.303 e. The third-order valence-electron chi connectivity index (χ3n) is 2.87. The third kappa shape index (κ3) is 3.19. The van der Waals surface area contributed by atoms with Crippen molar-refractivity contribution < 1.29 is 9.90 Å². The first kappa shape index (κ1) is 13.5. The van der Waals surface area contributed by atoms with E-state index in [0.717, 1.165) is 17.7 Å². The highest BCUT2D eigenvalue weighted by atomic mass is 16.4. The molecule has 0 aliphatic rings. The summed E-state index contributed by atoms with van der Waals surface area (Å²) < 4.78 is 1.73. The van der Waals surface area contributed by atoms with Crippen LogP contribution in [0.15, 0.2) is 10.9 Å². The van der Waals surface area contributed by atoms with Gasteiger partial charge < -0.3 is 9.67 Å². The summed E-state index contributed by atoms with van der Waals surface area (Å²) in [5.74, 6) is -0.869. The Morgan fingerprint density at radius 1 is 1.41 bits per heavy atom. The number of pyridine rings is 1. The summed E-state index contributed by atoms with van der Waals surface area (Å²) in [4.78, 5) is 22.7. The predicted octanol–water partition coefficient (Wildman–Crippen LogP) is 1.89. The van der Waals surface area contributed by atoms with Gasteiger partial charge in [0.05, 0.1) is 0 Å². The fourth-order valence-corrected chi connectivity index (χ4v) is 2.01. The van der Waals surface area contributed by atoms with Crippen LogP contribution in [-0.2, 0) is 17.8 Å². The number of rotatable bonds is 5. The molecule has 4 heteroatoms. The zero-order valence-electron chi connectivity index (χ0n) is 10.6. The summed E-state index contributed by atoms with van der Waals surface area (Å²) in [5, 5.41) is 8.67. The summed E-state index contributed by atoms with van der Waals surface area (Å²) in [7, 11) is 0. The molecule has 1 N–H and O–H groups in total. The Morgan fingerprint density at radius 2 is 2.06 bits per heavy atom. The molecular formula is C13H19NO3. The lowest BCUT2D eigenvalue weighted by molar-refractivity contribution is -0.136. The van der Waals surface area contributed by atoms with Gasteiger partial charge in [0.1, 0.15) is 0 Å². The van der Waals surface area contributed by atoms with Crippen molar-refractivity contribution in [1.82, 2.24) is 4.57 Å². The van der Waals surface area contributed by atoms with Crippen molar-refractivity contribution in [2.24, 2.45) is 0 Å². The molecule has 0 saturated carbocycles. The maximum atomic E-state index is 12.2. The van der Waals surface area contributed by atoms with Crippen molar-refractivity contribution in [3.8, 4) is 0 Å². The topological polar surface area (TPSA) is 59.3 Å². The quantitative estimate of drug-likeness (QED) is 0.850. The number of nitrogens with zero attached hydrogens (tertiary/aromatic N) is 1. The van der Waals surface area contributed by atoms with Gasteiger partial charge >= 0.3 is 5.97 Å². The zero-order valence-corrected chi connectivity index (χ0v) is 10.6. The van der Waals surface area contributed by atoms with Crippen LogP contribution in [0.25, 0.3) is 0 Å². The minimum absolute atomic E-state index is 0.00522. The number of aromatic nitrogens is 1.